The maximum atomic E-state index is 12.3. The van der Waals surface area contributed by atoms with Gasteiger partial charge in [-0.3, -0.25) is 9.59 Å². The van der Waals surface area contributed by atoms with Crippen molar-refractivity contribution in [2.75, 3.05) is 23.8 Å². The molecule has 0 spiro atoms. The highest BCUT2D eigenvalue weighted by atomic mass is 35.5. The van der Waals surface area contributed by atoms with E-state index in [1.807, 2.05) is 6.92 Å². The molecule has 0 saturated carbocycles. The van der Waals surface area contributed by atoms with Gasteiger partial charge in [0.2, 0.25) is 11.8 Å². The summed E-state index contributed by atoms with van der Waals surface area (Å²) in [5.41, 5.74) is 7.36. The Balaban J connectivity index is 0.00000288. The summed E-state index contributed by atoms with van der Waals surface area (Å²) in [5, 5.41) is 5.64. The fourth-order valence-corrected chi connectivity index (χ4v) is 2.64. The Morgan fingerprint density at radius 1 is 1.25 bits per heavy atom. The Kier molecular flexibility index (Phi) is 8.74. The lowest BCUT2D eigenvalue weighted by Crippen LogP contribution is -2.44. The van der Waals surface area contributed by atoms with Crippen LogP contribution in [-0.4, -0.2) is 31.1 Å². The predicted molar refractivity (Wildman–Crippen MR) is 97.4 cm³/mol. The first-order valence-corrected chi connectivity index (χ1v) is 8.14. The van der Waals surface area contributed by atoms with E-state index in [1.54, 1.807) is 24.3 Å². The van der Waals surface area contributed by atoms with Crippen LogP contribution in [0.2, 0.25) is 0 Å². The Hall–Kier alpha value is -1.63. The number of amides is 2. The summed E-state index contributed by atoms with van der Waals surface area (Å²) in [4.78, 5) is 23.9. The van der Waals surface area contributed by atoms with Crippen LogP contribution in [0.25, 0.3) is 0 Å². The van der Waals surface area contributed by atoms with E-state index in [4.69, 9.17) is 10.5 Å². The van der Waals surface area contributed by atoms with Crippen molar-refractivity contribution < 1.29 is 14.3 Å². The molecule has 1 fully saturated rings. The van der Waals surface area contributed by atoms with Crippen LogP contribution in [0.1, 0.15) is 32.6 Å². The van der Waals surface area contributed by atoms with E-state index in [0.717, 1.165) is 19.3 Å². The summed E-state index contributed by atoms with van der Waals surface area (Å²) in [5.74, 6) is -0.0833. The van der Waals surface area contributed by atoms with Crippen LogP contribution in [0.4, 0.5) is 11.4 Å². The molecule has 4 N–H and O–H groups in total. The molecule has 1 saturated heterocycles. The van der Waals surface area contributed by atoms with Crippen LogP contribution in [0.3, 0.4) is 0 Å². The Morgan fingerprint density at radius 2 is 1.88 bits per heavy atom. The third-order valence-corrected chi connectivity index (χ3v) is 3.97. The van der Waals surface area contributed by atoms with Gasteiger partial charge in [-0.2, -0.15) is 0 Å². The molecule has 2 amide bonds. The number of hydrogen-bond donors (Lipinski definition) is 3. The van der Waals surface area contributed by atoms with Gasteiger partial charge in [-0.15, -0.1) is 12.4 Å². The lowest BCUT2D eigenvalue weighted by molar-refractivity contribution is -0.119. The molecule has 0 radical (unpaired) electrons. The third kappa shape index (κ3) is 6.11. The predicted octanol–water partition coefficient (Wildman–Crippen LogP) is 2.54. The molecule has 1 aromatic rings. The van der Waals surface area contributed by atoms with Crippen molar-refractivity contribution >= 4 is 35.6 Å². The van der Waals surface area contributed by atoms with Gasteiger partial charge in [-0.1, -0.05) is 13.0 Å². The molecule has 1 heterocycles. The number of carbonyl (C=O) groups excluding carboxylic acids is 2. The zero-order chi connectivity index (χ0) is 16.7. The Morgan fingerprint density at radius 3 is 2.50 bits per heavy atom. The summed E-state index contributed by atoms with van der Waals surface area (Å²) in [6, 6.07) is 6.56. The second-order valence-corrected chi connectivity index (χ2v) is 5.84. The van der Waals surface area contributed by atoms with E-state index in [1.165, 1.54) is 0 Å². The maximum absolute atomic E-state index is 12.3. The van der Waals surface area contributed by atoms with Crippen LogP contribution >= 0.6 is 12.4 Å². The first-order valence-electron chi connectivity index (χ1n) is 8.14. The second kappa shape index (κ2) is 10.3. The molecule has 0 bridgehead atoms. The Bertz CT molecular complexity index is 548. The van der Waals surface area contributed by atoms with Crippen LogP contribution < -0.4 is 16.4 Å². The minimum absolute atomic E-state index is 0. The largest absolute Gasteiger partial charge is 0.381 e. The number of nitrogens with one attached hydrogen (secondary N) is 2. The lowest BCUT2D eigenvalue weighted by Gasteiger charge is -2.26. The molecule has 6 nitrogen and oxygen atoms in total. The highest BCUT2D eigenvalue weighted by molar-refractivity contribution is 5.96. The summed E-state index contributed by atoms with van der Waals surface area (Å²) < 4.78 is 5.29. The maximum Gasteiger partial charge on any atom is 0.241 e. The van der Waals surface area contributed by atoms with Crippen molar-refractivity contribution in [3.63, 3.8) is 0 Å². The molecule has 1 unspecified atom stereocenters. The number of halogens is 1. The number of nitrogens with two attached hydrogens (primary N) is 1. The van der Waals surface area contributed by atoms with Crippen molar-refractivity contribution in [3.8, 4) is 0 Å². The number of rotatable bonds is 6. The van der Waals surface area contributed by atoms with E-state index in [9.17, 15) is 9.59 Å². The fourth-order valence-electron chi connectivity index (χ4n) is 2.64. The van der Waals surface area contributed by atoms with Crippen molar-refractivity contribution in [2.24, 2.45) is 11.7 Å². The van der Waals surface area contributed by atoms with Gasteiger partial charge in [0.05, 0.1) is 6.04 Å². The average molecular weight is 356 g/mol. The normalized spacial score (nSPS) is 15.9. The van der Waals surface area contributed by atoms with Gasteiger partial charge in [0.25, 0.3) is 0 Å². The third-order valence-electron chi connectivity index (χ3n) is 3.97. The number of carbonyl (C=O) groups is 2. The smallest absolute Gasteiger partial charge is 0.241 e. The average Bonchev–Trinajstić information content (AvgIpc) is 2.55. The molecule has 2 rings (SSSR count). The fraction of sp³-hybridized carbons (Fsp3) is 0.529. The number of anilines is 2. The summed E-state index contributed by atoms with van der Waals surface area (Å²) in [6.45, 7) is 3.27. The first kappa shape index (κ1) is 20.4. The Labute approximate surface area is 148 Å². The van der Waals surface area contributed by atoms with Gasteiger partial charge < -0.3 is 21.1 Å². The highest BCUT2D eigenvalue weighted by Crippen LogP contribution is 2.20. The van der Waals surface area contributed by atoms with E-state index < -0.39 is 6.04 Å². The van der Waals surface area contributed by atoms with Gasteiger partial charge in [-0.25, -0.2) is 0 Å². The van der Waals surface area contributed by atoms with Gasteiger partial charge in [0, 0.05) is 31.0 Å². The van der Waals surface area contributed by atoms with Crippen molar-refractivity contribution in [1.29, 1.82) is 0 Å². The quantitative estimate of drug-likeness (QED) is 0.731. The zero-order valence-electron chi connectivity index (χ0n) is 13.9. The molecule has 1 aliphatic rings. The molecule has 24 heavy (non-hydrogen) atoms. The van der Waals surface area contributed by atoms with Crippen LogP contribution in [-0.2, 0) is 14.3 Å². The van der Waals surface area contributed by atoms with E-state index in [-0.39, 0.29) is 30.1 Å². The number of hydrogen-bond acceptors (Lipinski definition) is 4. The second-order valence-electron chi connectivity index (χ2n) is 5.84. The van der Waals surface area contributed by atoms with Crippen LogP contribution in [0.15, 0.2) is 24.3 Å². The van der Waals surface area contributed by atoms with Gasteiger partial charge in [0.15, 0.2) is 0 Å². The SMILES string of the molecule is CCCC(=O)Nc1cccc(NC(=O)C(N)C2CCOCC2)c1.Cl. The monoisotopic (exact) mass is 355 g/mol. The molecule has 7 heteroatoms. The van der Waals surface area contributed by atoms with E-state index in [0.29, 0.717) is 31.0 Å². The zero-order valence-corrected chi connectivity index (χ0v) is 14.7. The summed E-state index contributed by atoms with van der Waals surface area (Å²) in [6.07, 6.45) is 2.89. The molecule has 1 aromatic carbocycles. The van der Waals surface area contributed by atoms with Crippen LogP contribution in [0, 0.1) is 5.92 Å². The van der Waals surface area contributed by atoms with Crippen LogP contribution in [0.5, 0.6) is 0 Å². The van der Waals surface area contributed by atoms with Crippen molar-refractivity contribution in [2.45, 2.75) is 38.6 Å². The number of benzene rings is 1. The highest BCUT2D eigenvalue weighted by Gasteiger charge is 2.26. The molecular formula is C17H26ClN3O3. The first-order chi connectivity index (χ1) is 11.1. The van der Waals surface area contributed by atoms with Gasteiger partial charge >= 0.3 is 0 Å². The van der Waals surface area contributed by atoms with E-state index in [2.05, 4.69) is 10.6 Å². The van der Waals surface area contributed by atoms with Crippen molar-refractivity contribution in [3.05, 3.63) is 24.3 Å². The van der Waals surface area contributed by atoms with Crippen molar-refractivity contribution in [1.82, 2.24) is 0 Å². The van der Waals surface area contributed by atoms with Gasteiger partial charge in [0.1, 0.15) is 0 Å². The summed E-state index contributed by atoms with van der Waals surface area (Å²) in [7, 11) is 0. The topological polar surface area (TPSA) is 93.5 Å². The molecule has 0 aliphatic carbocycles. The molecule has 0 aromatic heterocycles. The number of ether oxygens (including phenoxy) is 1. The standard InChI is InChI=1S/C17H25N3O3.ClH/c1-2-4-15(21)19-13-5-3-6-14(11-13)20-17(22)16(18)12-7-9-23-10-8-12;/h3,5-6,11-12,16H,2,4,7-10,18H2,1H3,(H,19,21)(H,20,22);1H. The minimum atomic E-state index is -0.544. The molecule has 1 aliphatic heterocycles. The molecule has 1 atom stereocenters. The van der Waals surface area contributed by atoms with E-state index >= 15 is 0 Å². The van der Waals surface area contributed by atoms with Gasteiger partial charge in [-0.05, 0) is 43.4 Å². The lowest BCUT2D eigenvalue weighted by atomic mass is 9.92. The summed E-state index contributed by atoms with van der Waals surface area (Å²) >= 11 is 0. The molecule has 134 valence electrons. The minimum Gasteiger partial charge on any atom is -0.381 e. The molecular weight excluding hydrogens is 330 g/mol.